The first kappa shape index (κ1) is 13.6. The summed E-state index contributed by atoms with van der Waals surface area (Å²) in [5.41, 5.74) is 0.863. The van der Waals surface area contributed by atoms with Gasteiger partial charge in [-0.05, 0) is 22.0 Å². The largest absolute Gasteiger partial charge is 0.354 e. The molecule has 0 aliphatic carbocycles. The van der Waals surface area contributed by atoms with Gasteiger partial charge in [0.15, 0.2) is 6.29 Å². The van der Waals surface area contributed by atoms with E-state index in [-0.39, 0.29) is 6.29 Å². The lowest BCUT2D eigenvalue weighted by Gasteiger charge is -2.09. The normalized spacial score (nSPS) is 11.6. The molecule has 3 nitrogen and oxygen atoms in total. The number of aliphatic imine (C=N–C) groups is 1. The van der Waals surface area contributed by atoms with Crippen LogP contribution in [-0.4, -0.2) is 33.3 Å². The van der Waals surface area contributed by atoms with Crippen molar-refractivity contribution in [1.29, 1.82) is 0 Å². The summed E-state index contributed by atoms with van der Waals surface area (Å²) in [6.45, 7) is 0.440. The molecule has 0 fully saturated rings. The molecule has 88 valence electrons. The Morgan fingerprint density at radius 3 is 2.75 bits per heavy atom. The molecule has 1 aromatic carbocycles. The van der Waals surface area contributed by atoms with Gasteiger partial charge in [-0.2, -0.15) is 0 Å². The van der Waals surface area contributed by atoms with Gasteiger partial charge < -0.3 is 9.47 Å². The van der Waals surface area contributed by atoms with Gasteiger partial charge in [-0.1, -0.05) is 23.7 Å². The van der Waals surface area contributed by atoms with Crippen LogP contribution in [0.2, 0.25) is 5.02 Å². The molecule has 1 aromatic rings. The fraction of sp³-hybridized carbons (Fsp3) is 0.364. The fourth-order valence-corrected chi connectivity index (χ4v) is 1.66. The second kappa shape index (κ2) is 7.01. The third-order valence-electron chi connectivity index (χ3n) is 1.99. The lowest BCUT2D eigenvalue weighted by Crippen LogP contribution is -2.16. The molecule has 0 aliphatic rings. The summed E-state index contributed by atoms with van der Waals surface area (Å²) >= 11 is 9.43. The molecule has 0 heterocycles. The SMILES string of the molecule is COC(CN=Cc1cccc(Br)c1Cl)OC. The topological polar surface area (TPSA) is 30.8 Å². The van der Waals surface area contributed by atoms with E-state index < -0.39 is 0 Å². The molecule has 0 spiro atoms. The second-order valence-electron chi connectivity index (χ2n) is 3.04. The first-order chi connectivity index (χ1) is 7.69. The zero-order valence-electron chi connectivity index (χ0n) is 9.11. The summed E-state index contributed by atoms with van der Waals surface area (Å²) < 4.78 is 10.9. The maximum Gasteiger partial charge on any atom is 0.176 e. The van der Waals surface area contributed by atoms with Crippen LogP contribution in [0.25, 0.3) is 0 Å². The highest BCUT2D eigenvalue weighted by Crippen LogP contribution is 2.24. The molecule has 1 rings (SSSR count). The Morgan fingerprint density at radius 2 is 2.12 bits per heavy atom. The molecule has 16 heavy (non-hydrogen) atoms. The number of hydrogen-bond donors (Lipinski definition) is 0. The predicted molar refractivity (Wildman–Crippen MR) is 69.4 cm³/mol. The van der Waals surface area contributed by atoms with Crippen molar-refractivity contribution in [3.63, 3.8) is 0 Å². The van der Waals surface area contributed by atoms with Crippen LogP contribution >= 0.6 is 27.5 Å². The van der Waals surface area contributed by atoms with Crippen LogP contribution in [-0.2, 0) is 9.47 Å². The van der Waals surface area contributed by atoms with Crippen molar-refractivity contribution in [3.05, 3.63) is 33.3 Å². The third-order valence-corrected chi connectivity index (χ3v) is 3.30. The third kappa shape index (κ3) is 3.87. The van der Waals surface area contributed by atoms with Crippen LogP contribution in [0.1, 0.15) is 5.56 Å². The summed E-state index contributed by atoms with van der Waals surface area (Å²) in [6.07, 6.45) is 1.39. The van der Waals surface area contributed by atoms with E-state index in [1.807, 2.05) is 18.2 Å². The van der Waals surface area contributed by atoms with Crippen LogP contribution < -0.4 is 0 Å². The number of ether oxygens (including phenoxy) is 2. The summed E-state index contributed by atoms with van der Waals surface area (Å²) in [4.78, 5) is 4.21. The summed E-state index contributed by atoms with van der Waals surface area (Å²) in [5.74, 6) is 0. The minimum atomic E-state index is -0.317. The molecule has 5 heteroatoms. The molecule has 0 aliphatic heterocycles. The van der Waals surface area contributed by atoms with Crippen LogP contribution in [0.15, 0.2) is 27.7 Å². The van der Waals surface area contributed by atoms with E-state index in [9.17, 15) is 0 Å². The Labute approximate surface area is 109 Å². The molecule has 0 atom stereocenters. The quantitative estimate of drug-likeness (QED) is 0.618. The number of halogens is 2. The van der Waals surface area contributed by atoms with E-state index in [1.54, 1.807) is 20.4 Å². The molecule has 0 unspecified atom stereocenters. The molecule has 0 N–H and O–H groups in total. The van der Waals surface area contributed by atoms with Crippen molar-refractivity contribution in [2.24, 2.45) is 4.99 Å². The summed E-state index contributed by atoms with van der Waals surface area (Å²) in [6, 6.07) is 5.68. The highest BCUT2D eigenvalue weighted by molar-refractivity contribution is 9.10. The van der Waals surface area contributed by atoms with Gasteiger partial charge in [0.2, 0.25) is 0 Å². The number of benzene rings is 1. The van der Waals surface area contributed by atoms with E-state index in [0.717, 1.165) is 10.0 Å². The van der Waals surface area contributed by atoms with Crippen LogP contribution in [0.5, 0.6) is 0 Å². The number of methoxy groups -OCH3 is 2. The molecular weight excluding hydrogens is 293 g/mol. The van der Waals surface area contributed by atoms with Gasteiger partial charge in [-0.15, -0.1) is 0 Å². The van der Waals surface area contributed by atoms with E-state index in [1.165, 1.54) is 0 Å². The highest BCUT2D eigenvalue weighted by atomic mass is 79.9. The lowest BCUT2D eigenvalue weighted by atomic mass is 10.2. The van der Waals surface area contributed by atoms with Gasteiger partial charge >= 0.3 is 0 Å². The smallest absolute Gasteiger partial charge is 0.176 e. The average Bonchev–Trinajstić information content (AvgIpc) is 2.30. The van der Waals surface area contributed by atoms with E-state index in [4.69, 9.17) is 21.1 Å². The maximum atomic E-state index is 6.08. The number of nitrogens with zero attached hydrogens (tertiary/aromatic N) is 1. The van der Waals surface area contributed by atoms with Crippen molar-refractivity contribution < 1.29 is 9.47 Å². The monoisotopic (exact) mass is 305 g/mol. The van der Waals surface area contributed by atoms with Crippen molar-refractivity contribution in [1.82, 2.24) is 0 Å². The minimum Gasteiger partial charge on any atom is -0.354 e. The Bertz CT molecular complexity index is 367. The molecule has 0 bridgehead atoms. The zero-order valence-corrected chi connectivity index (χ0v) is 11.5. The van der Waals surface area contributed by atoms with Gasteiger partial charge in [0.25, 0.3) is 0 Å². The molecular formula is C11H13BrClNO2. The minimum absolute atomic E-state index is 0.317. The zero-order chi connectivity index (χ0) is 12.0. The van der Waals surface area contributed by atoms with Crippen LogP contribution in [0.3, 0.4) is 0 Å². The Balaban J connectivity index is 2.66. The van der Waals surface area contributed by atoms with Gasteiger partial charge in [-0.25, -0.2) is 0 Å². The van der Waals surface area contributed by atoms with Crippen molar-refractivity contribution in [2.45, 2.75) is 6.29 Å². The van der Waals surface area contributed by atoms with Crippen molar-refractivity contribution in [2.75, 3.05) is 20.8 Å². The number of hydrogen-bond acceptors (Lipinski definition) is 3. The van der Waals surface area contributed by atoms with E-state index in [0.29, 0.717) is 11.6 Å². The van der Waals surface area contributed by atoms with Crippen molar-refractivity contribution >= 4 is 33.7 Å². The predicted octanol–water partition coefficient (Wildman–Crippen LogP) is 3.14. The maximum absolute atomic E-state index is 6.08. The Hall–Kier alpha value is -0.420. The van der Waals surface area contributed by atoms with Gasteiger partial charge in [0.05, 0.1) is 11.6 Å². The Kier molecular flexibility index (Phi) is 5.98. The second-order valence-corrected chi connectivity index (χ2v) is 4.27. The number of rotatable bonds is 5. The molecule has 0 radical (unpaired) electrons. The first-order valence-electron chi connectivity index (χ1n) is 4.68. The van der Waals surface area contributed by atoms with Gasteiger partial charge in [0.1, 0.15) is 0 Å². The van der Waals surface area contributed by atoms with Gasteiger partial charge in [-0.3, -0.25) is 4.99 Å². The first-order valence-corrected chi connectivity index (χ1v) is 5.85. The van der Waals surface area contributed by atoms with Crippen LogP contribution in [0.4, 0.5) is 0 Å². The summed E-state index contributed by atoms with van der Waals surface area (Å²) in [7, 11) is 3.16. The van der Waals surface area contributed by atoms with Crippen molar-refractivity contribution in [3.8, 4) is 0 Å². The van der Waals surface area contributed by atoms with E-state index in [2.05, 4.69) is 20.9 Å². The van der Waals surface area contributed by atoms with E-state index >= 15 is 0 Å². The standard InChI is InChI=1S/C11H13BrClNO2/c1-15-10(16-2)7-14-6-8-4-3-5-9(12)11(8)13/h3-6,10H,7H2,1-2H3. The highest BCUT2D eigenvalue weighted by Gasteiger charge is 2.03. The fourth-order valence-electron chi connectivity index (χ4n) is 1.10. The summed E-state index contributed by atoms with van der Waals surface area (Å²) in [5, 5.41) is 0.651. The molecule has 0 aromatic heterocycles. The molecule has 0 amide bonds. The average molecular weight is 307 g/mol. The lowest BCUT2D eigenvalue weighted by molar-refractivity contribution is -0.0936. The van der Waals surface area contributed by atoms with Crippen LogP contribution in [0, 0.1) is 0 Å². The molecule has 0 saturated heterocycles. The van der Waals surface area contributed by atoms with Gasteiger partial charge in [0, 0.05) is 30.5 Å². The Morgan fingerprint density at radius 1 is 1.44 bits per heavy atom. The molecule has 0 saturated carbocycles.